The van der Waals surface area contributed by atoms with Crippen LogP contribution >= 0.6 is 0 Å². The van der Waals surface area contributed by atoms with E-state index in [0.717, 1.165) is 12.1 Å². The van der Waals surface area contributed by atoms with Crippen LogP contribution in [0.15, 0.2) is 0 Å². The second kappa shape index (κ2) is 3.52. The Morgan fingerprint density at radius 3 is 1.71 bits per heavy atom. The molecule has 1 rings (SSSR count). The molecule has 1 heterocycles. The van der Waals surface area contributed by atoms with Gasteiger partial charge in [0, 0.05) is 17.6 Å². The normalized spacial score (nSPS) is 31.1. The smallest absolute Gasteiger partial charge is 0.0152 e. The lowest BCUT2D eigenvalue weighted by atomic mass is 9.83. The molecule has 0 unspecified atom stereocenters. The van der Waals surface area contributed by atoms with E-state index in [1.165, 1.54) is 12.8 Å². The van der Waals surface area contributed by atoms with E-state index in [-0.39, 0.29) is 0 Å². The van der Waals surface area contributed by atoms with Gasteiger partial charge in [0.05, 0.1) is 0 Å². The van der Waals surface area contributed by atoms with E-state index >= 15 is 0 Å². The first kappa shape index (κ1) is 12.0. The van der Waals surface area contributed by atoms with E-state index in [2.05, 4.69) is 53.4 Å². The number of likely N-dealkylation sites (tertiary alicyclic amines) is 1. The van der Waals surface area contributed by atoms with Gasteiger partial charge < -0.3 is 0 Å². The van der Waals surface area contributed by atoms with Crippen molar-refractivity contribution in [3.8, 4) is 0 Å². The minimum Gasteiger partial charge on any atom is -0.292 e. The van der Waals surface area contributed by atoms with E-state index < -0.39 is 0 Å². The molecule has 0 aromatic rings. The fraction of sp³-hybridized carbons (Fsp3) is 1.00. The van der Waals surface area contributed by atoms with Crippen molar-refractivity contribution in [1.29, 1.82) is 0 Å². The summed E-state index contributed by atoms with van der Waals surface area (Å²) in [5.74, 6) is 0. The summed E-state index contributed by atoms with van der Waals surface area (Å²) in [5, 5.41) is 0. The first-order chi connectivity index (χ1) is 6.14. The zero-order valence-corrected chi connectivity index (χ0v) is 11.0. The molecule has 0 radical (unpaired) electrons. The number of nitrogens with zero attached hydrogens (tertiary/aromatic N) is 1. The average Bonchev–Trinajstić information content (AvgIpc) is 2.27. The van der Waals surface area contributed by atoms with E-state index in [0.29, 0.717) is 11.0 Å². The molecule has 1 aliphatic heterocycles. The van der Waals surface area contributed by atoms with Crippen molar-refractivity contribution in [2.75, 3.05) is 0 Å². The predicted molar refractivity (Wildman–Crippen MR) is 63.5 cm³/mol. The summed E-state index contributed by atoms with van der Waals surface area (Å²) >= 11 is 0. The Bertz CT molecular complexity index is 194. The van der Waals surface area contributed by atoms with Gasteiger partial charge in [0.25, 0.3) is 0 Å². The SMILES string of the molecule is C[C@@H]1CC[C@@H](C(C)(C)C)N1C(C)(C)C. The van der Waals surface area contributed by atoms with Crippen LogP contribution in [0.5, 0.6) is 0 Å². The minimum absolute atomic E-state index is 0.313. The van der Waals surface area contributed by atoms with E-state index in [1.54, 1.807) is 0 Å². The maximum atomic E-state index is 2.72. The molecule has 0 N–H and O–H groups in total. The monoisotopic (exact) mass is 197 g/mol. The van der Waals surface area contributed by atoms with Crippen LogP contribution in [0.2, 0.25) is 0 Å². The standard InChI is InChI=1S/C13H27N/c1-10-8-9-11(12(2,3)4)14(10)13(5,6)7/h10-11H,8-9H2,1-7H3/t10-,11+/m1/s1. The molecule has 1 aliphatic rings. The zero-order chi connectivity index (χ0) is 11.1. The van der Waals surface area contributed by atoms with Crippen molar-refractivity contribution in [3.05, 3.63) is 0 Å². The Kier molecular flexibility index (Phi) is 3.02. The molecule has 14 heavy (non-hydrogen) atoms. The van der Waals surface area contributed by atoms with Gasteiger partial charge in [-0.05, 0) is 46.0 Å². The summed E-state index contributed by atoms with van der Waals surface area (Å²) in [5.41, 5.74) is 0.728. The lowest BCUT2D eigenvalue weighted by molar-refractivity contribution is 0.0308. The van der Waals surface area contributed by atoms with Gasteiger partial charge in [-0.3, -0.25) is 4.90 Å². The van der Waals surface area contributed by atoms with Crippen molar-refractivity contribution < 1.29 is 0 Å². The number of rotatable bonds is 0. The third kappa shape index (κ3) is 2.31. The topological polar surface area (TPSA) is 3.24 Å². The molecule has 0 saturated carbocycles. The van der Waals surface area contributed by atoms with E-state index in [4.69, 9.17) is 0 Å². The molecule has 1 fully saturated rings. The molecule has 84 valence electrons. The van der Waals surface area contributed by atoms with Crippen LogP contribution < -0.4 is 0 Å². The molecule has 2 atom stereocenters. The van der Waals surface area contributed by atoms with Gasteiger partial charge >= 0.3 is 0 Å². The molecule has 0 amide bonds. The van der Waals surface area contributed by atoms with E-state index in [1.807, 2.05) is 0 Å². The van der Waals surface area contributed by atoms with Crippen LogP contribution in [0.3, 0.4) is 0 Å². The van der Waals surface area contributed by atoms with Gasteiger partial charge in [0.2, 0.25) is 0 Å². The predicted octanol–water partition coefficient (Wildman–Crippen LogP) is 3.68. The molecule has 0 aliphatic carbocycles. The first-order valence-electron chi connectivity index (χ1n) is 5.92. The van der Waals surface area contributed by atoms with Gasteiger partial charge in [0.1, 0.15) is 0 Å². The molecule has 0 spiro atoms. The highest BCUT2D eigenvalue weighted by molar-refractivity contribution is 4.97. The first-order valence-corrected chi connectivity index (χ1v) is 5.92. The summed E-state index contributed by atoms with van der Waals surface area (Å²) in [7, 11) is 0. The quantitative estimate of drug-likeness (QED) is 0.572. The highest BCUT2D eigenvalue weighted by Crippen LogP contribution is 2.40. The van der Waals surface area contributed by atoms with Crippen LogP contribution in [0.25, 0.3) is 0 Å². The Morgan fingerprint density at radius 2 is 1.43 bits per heavy atom. The van der Waals surface area contributed by atoms with E-state index in [9.17, 15) is 0 Å². The van der Waals surface area contributed by atoms with Crippen molar-refractivity contribution in [1.82, 2.24) is 4.90 Å². The minimum atomic E-state index is 0.313. The lowest BCUT2D eigenvalue weighted by Crippen LogP contribution is -2.52. The fourth-order valence-corrected chi connectivity index (χ4v) is 2.96. The van der Waals surface area contributed by atoms with Crippen molar-refractivity contribution in [3.63, 3.8) is 0 Å². The number of hydrogen-bond acceptors (Lipinski definition) is 1. The second-order valence-electron chi connectivity index (χ2n) is 6.89. The van der Waals surface area contributed by atoms with Crippen LogP contribution in [-0.4, -0.2) is 22.5 Å². The van der Waals surface area contributed by atoms with Crippen molar-refractivity contribution >= 4 is 0 Å². The lowest BCUT2D eigenvalue weighted by Gasteiger charge is -2.45. The summed E-state index contributed by atoms with van der Waals surface area (Å²) in [6, 6.07) is 1.50. The zero-order valence-electron chi connectivity index (χ0n) is 11.0. The molecule has 0 bridgehead atoms. The Balaban J connectivity index is 2.88. The third-order valence-electron chi connectivity index (χ3n) is 3.44. The molecule has 1 nitrogen and oxygen atoms in total. The Morgan fingerprint density at radius 1 is 0.929 bits per heavy atom. The average molecular weight is 197 g/mol. The molecule has 1 saturated heterocycles. The maximum Gasteiger partial charge on any atom is 0.0152 e. The van der Waals surface area contributed by atoms with Gasteiger partial charge in [-0.2, -0.15) is 0 Å². The summed E-state index contributed by atoms with van der Waals surface area (Å²) in [4.78, 5) is 2.72. The Hall–Kier alpha value is -0.0400. The van der Waals surface area contributed by atoms with Crippen molar-refractivity contribution in [2.24, 2.45) is 5.41 Å². The van der Waals surface area contributed by atoms with Gasteiger partial charge in [0.15, 0.2) is 0 Å². The maximum absolute atomic E-state index is 2.72. The summed E-state index contributed by atoms with van der Waals surface area (Å²) in [6.45, 7) is 16.5. The van der Waals surface area contributed by atoms with Crippen LogP contribution in [0.1, 0.15) is 61.3 Å². The second-order valence-corrected chi connectivity index (χ2v) is 6.89. The van der Waals surface area contributed by atoms with Crippen LogP contribution in [0, 0.1) is 5.41 Å². The van der Waals surface area contributed by atoms with Crippen molar-refractivity contribution in [2.45, 2.75) is 78.9 Å². The van der Waals surface area contributed by atoms with Gasteiger partial charge in [-0.25, -0.2) is 0 Å². The summed E-state index contributed by atoms with van der Waals surface area (Å²) in [6.07, 6.45) is 2.72. The third-order valence-corrected chi connectivity index (χ3v) is 3.44. The molecule has 0 aromatic carbocycles. The highest BCUT2D eigenvalue weighted by atomic mass is 15.3. The molecular weight excluding hydrogens is 170 g/mol. The molecule has 1 heteroatoms. The summed E-state index contributed by atoms with van der Waals surface area (Å²) < 4.78 is 0. The Labute approximate surface area is 89.9 Å². The molecular formula is C13H27N. The fourth-order valence-electron chi connectivity index (χ4n) is 2.96. The van der Waals surface area contributed by atoms with Crippen LogP contribution in [-0.2, 0) is 0 Å². The molecule has 0 aromatic heterocycles. The van der Waals surface area contributed by atoms with Gasteiger partial charge in [-0.15, -0.1) is 0 Å². The highest BCUT2D eigenvalue weighted by Gasteiger charge is 2.42. The van der Waals surface area contributed by atoms with Crippen LogP contribution in [0.4, 0.5) is 0 Å². The number of hydrogen-bond donors (Lipinski definition) is 0. The largest absolute Gasteiger partial charge is 0.292 e. The van der Waals surface area contributed by atoms with Gasteiger partial charge in [-0.1, -0.05) is 20.8 Å².